The number of piperidine rings is 1. The Morgan fingerprint density at radius 2 is 1.85 bits per heavy atom. The first kappa shape index (κ1) is 28.3. The van der Waals surface area contributed by atoms with Crippen molar-refractivity contribution in [3.8, 4) is 11.3 Å². The van der Waals surface area contributed by atoms with Crippen LogP contribution in [0.25, 0.3) is 22.3 Å². The summed E-state index contributed by atoms with van der Waals surface area (Å²) < 4.78 is 1.57. The van der Waals surface area contributed by atoms with Crippen molar-refractivity contribution in [3.05, 3.63) is 64.1 Å². The van der Waals surface area contributed by atoms with Crippen LogP contribution in [0.1, 0.15) is 59.3 Å². The molecule has 2 aliphatic rings. The molecule has 1 atom stereocenters. The number of benzene rings is 1. The van der Waals surface area contributed by atoms with Crippen LogP contribution in [-0.2, 0) is 39.3 Å². The molecule has 0 amide bonds. The standard InChI is InChI=1S/C20H24N3O2.C6H14N.Y/c24-18-12-17(16-6-2-1-3-7-16)22-15-23(18)14-20(25)10-11-21-13-19(20)8-4-5-9-19;1-4-6(2,3)5-7;/h1-3,6-7,12,15,25H,4-5,8-11,13-14H2;7H,4-5H2,1-3H3;/q2*-1;. The third-order valence-corrected chi connectivity index (χ3v) is 7.46. The van der Waals surface area contributed by atoms with E-state index in [4.69, 9.17) is 5.73 Å². The molecule has 0 bridgehead atoms. The van der Waals surface area contributed by atoms with Crippen LogP contribution in [-0.4, -0.2) is 39.9 Å². The van der Waals surface area contributed by atoms with Crippen molar-refractivity contribution < 1.29 is 37.8 Å². The Bertz CT molecular complexity index is 919. The van der Waals surface area contributed by atoms with Gasteiger partial charge in [-0.25, -0.2) is 4.98 Å². The van der Waals surface area contributed by atoms with E-state index in [1.165, 1.54) is 0 Å². The first-order valence-corrected chi connectivity index (χ1v) is 11.9. The number of rotatable bonds is 5. The zero-order chi connectivity index (χ0) is 23.2. The summed E-state index contributed by atoms with van der Waals surface area (Å²) in [5, 5.41) is 16.0. The minimum Gasteiger partial charge on any atom is -0.677 e. The maximum absolute atomic E-state index is 12.6. The van der Waals surface area contributed by atoms with E-state index in [1.807, 2.05) is 30.3 Å². The smallest absolute Gasteiger partial charge is 0.253 e. The van der Waals surface area contributed by atoms with Gasteiger partial charge in [0.15, 0.2) is 0 Å². The van der Waals surface area contributed by atoms with Crippen molar-refractivity contribution in [1.29, 1.82) is 0 Å². The molecular formula is C26H38N4O2Y-2. The van der Waals surface area contributed by atoms with Crippen LogP contribution in [0.4, 0.5) is 0 Å². The minimum absolute atomic E-state index is 0. The zero-order valence-electron chi connectivity index (χ0n) is 20.4. The van der Waals surface area contributed by atoms with Crippen molar-refractivity contribution in [3.63, 3.8) is 0 Å². The van der Waals surface area contributed by atoms with E-state index in [-0.39, 0.29) is 49.1 Å². The summed E-state index contributed by atoms with van der Waals surface area (Å²) in [6.07, 6.45) is 7.58. The number of nitrogens with one attached hydrogen (secondary N) is 1. The molecular weight excluding hydrogens is 489 g/mol. The quantitative estimate of drug-likeness (QED) is 0.560. The molecule has 1 aliphatic carbocycles. The largest absolute Gasteiger partial charge is 0.677 e. The van der Waals surface area contributed by atoms with Crippen LogP contribution in [0.3, 0.4) is 0 Å². The molecule has 1 saturated carbocycles. The van der Waals surface area contributed by atoms with E-state index < -0.39 is 5.60 Å². The van der Waals surface area contributed by atoms with Crippen LogP contribution >= 0.6 is 0 Å². The molecule has 1 radical (unpaired) electrons. The summed E-state index contributed by atoms with van der Waals surface area (Å²) in [6, 6.07) is 11.2. The summed E-state index contributed by atoms with van der Waals surface area (Å²) in [4.78, 5) is 17.1. The fraction of sp³-hybridized carbons (Fsp3) is 0.615. The fourth-order valence-electron chi connectivity index (χ4n) is 4.61. The minimum atomic E-state index is -0.870. The monoisotopic (exact) mass is 527 g/mol. The maximum atomic E-state index is 12.6. The number of hydrogen-bond donors (Lipinski definition) is 1. The predicted octanol–water partition coefficient (Wildman–Crippen LogP) is 5.45. The van der Waals surface area contributed by atoms with Crippen molar-refractivity contribution in [2.45, 2.75) is 71.4 Å². The van der Waals surface area contributed by atoms with E-state index in [2.05, 4.69) is 31.1 Å². The second-order valence-electron chi connectivity index (χ2n) is 10.2. The average Bonchev–Trinajstić information content (AvgIpc) is 3.29. The van der Waals surface area contributed by atoms with Gasteiger partial charge in [0, 0.05) is 44.3 Å². The normalized spacial score (nSPS) is 21.7. The van der Waals surface area contributed by atoms with Gasteiger partial charge in [0.25, 0.3) is 5.56 Å². The van der Waals surface area contributed by atoms with Gasteiger partial charge in [-0.2, -0.15) is 0 Å². The average molecular weight is 528 g/mol. The van der Waals surface area contributed by atoms with E-state index in [1.54, 1.807) is 17.0 Å². The maximum Gasteiger partial charge on any atom is 0.253 e. The molecule has 2 N–H and O–H groups in total. The molecule has 7 heteroatoms. The van der Waals surface area contributed by atoms with E-state index in [9.17, 15) is 9.90 Å². The van der Waals surface area contributed by atoms with Gasteiger partial charge in [0.1, 0.15) is 0 Å². The summed E-state index contributed by atoms with van der Waals surface area (Å²) in [5.74, 6) is 0. The SMILES string of the molecule is CCC(C)(C)C[NH-].O=c1cc(-c2ccccc2)ncn1CC1(O)CC[N-]CC12CCCC2.[Y]. The second kappa shape index (κ2) is 12.2. The van der Waals surface area contributed by atoms with Crippen LogP contribution < -0.4 is 5.56 Å². The summed E-state index contributed by atoms with van der Waals surface area (Å²) in [7, 11) is 0. The molecule has 1 unspecified atom stereocenters. The van der Waals surface area contributed by atoms with Gasteiger partial charge in [0.2, 0.25) is 0 Å². The Balaban J connectivity index is 0.000000423. The van der Waals surface area contributed by atoms with Gasteiger partial charge in [-0.05, 0) is 24.7 Å². The molecule has 2 fully saturated rings. The molecule has 33 heavy (non-hydrogen) atoms. The Hall–Kier alpha value is -0.916. The zero-order valence-corrected chi connectivity index (χ0v) is 23.2. The molecule has 1 aromatic carbocycles. The summed E-state index contributed by atoms with van der Waals surface area (Å²) >= 11 is 0. The molecule has 2 aromatic rings. The number of nitrogens with zero attached hydrogens (tertiary/aromatic N) is 3. The second-order valence-corrected chi connectivity index (χ2v) is 10.2. The molecule has 1 aliphatic heterocycles. The van der Waals surface area contributed by atoms with Crippen LogP contribution in [0.5, 0.6) is 0 Å². The van der Waals surface area contributed by atoms with Crippen LogP contribution in [0.15, 0.2) is 47.5 Å². The molecule has 6 nitrogen and oxygen atoms in total. The van der Waals surface area contributed by atoms with Gasteiger partial charge in [0.05, 0.1) is 24.2 Å². The Kier molecular flexibility index (Phi) is 10.4. The summed E-state index contributed by atoms with van der Waals surface area (Å²) in [5.41, 5.74) is 7.70. The fourth-order valence-corrected chi connectivity index (χ4v) is 4.61. The molecule has 179 valence electrons. The Morgan fingerprint density at radius 1 is 1.18 bits per heavy atom. The Labute approximate surface area is 223 Å². The molecule has 1 saturated heterocycles. The van der Waals surface area contributed by atoms with Gasteiger partial charge >= 0.3 is 0 Å². The van der Waals surface area contributed by atoms with Crippen molar-refractivity contribution in [1.82, 2.24) is 9.55 Å². The number of aromatic nitrogens is 2. The molecule has 4 rings (SSSR count). The van der Waals surface area contributed by atoms with Crippen LogP contribution in [0, 0.1) is 10.8 Å². The van der Waals surface area contributed by atoms with Crippen molar-refractivity contribution in [2.75, 3.05) is 19.6 Å². The Morgan fingerprint density at radius 3 is 2.39 bits per heavy atom. The van der Waals surface area contributed by atoms with Crippen molar-refractivity contribution in [2.24, 2.45) is 10.8 Å². The van der Waals surface area contributed by atoms with E-state index >= 15 is 0 Å². The van der Waals surface area contributed by atoms with Gasteiger partial charge in [-0.15, -0.1) is 19.6 Å². The number of aliphatic hydroxyl groups is 1. The number of hydrogen-bond acceptors (Lipinski definition) is 3. The van der Waals surface area contributed by atoms with Crippen LogP contribution in [0.2, 0.25) is 0 Å². The third kappa shape index (κ3) is 6.82. The molecule has 1 aromatic heterocycles. The third-order valence-electron chi connectivity index (χ3n) is 7.46. The summed E-state index contributed by atoms with van der Waals surface area (Å²) in [6.45, 7) is 8.58. The van der Waals surface area contributed by atoms with Gasteiger partial charge in [-0.3, -0.25) is 9.36 Å². The first-order valence-electron chi connectivity index (χ1n) is 11.9. The predicted molar refractivity (Wildman–Crippen MR) is 131 cm³/mol. The molecule has 2 heterocycles. The van der Waals surface area contributed by atoms with E-state index in [0.29, 0.717) is 38.3 Å². The van der Waals surface area contributed by atoms with E-state index in [0.717, 1.165) is 37.7 Å². The van der Waals surface area contributed by atoms with Gasteiger partial charge in [-0.1, -0.05) is 75.8 Å². The first-order chi connectivity index (χ1) is 15.2. The topological polar surface area (TPSA) is 93.0 Å². The van der Waals surface area contributed by atoms with Gasteiger partial charge < -0.3 is 16.2 Å². The van der Waals surface area contributed by atoms with Crippen molar-refractivity contribution >= 4 is 0 Å². The molecule has 1 spiro atoms.